The molecule has 1 aliphatic heterocycles. The van der Waals surface area contributed by atoms with Crippen molar-refractivity contribution in [2.24, 2.45) is 0 Å². The fraction of sp³-hybridized carbons (Fsp3) is 0.500. The topological polar surface area (TPSA) is 32.3 Å². The Kier molecular flexibility index (Phi) is 3.79. The number of hydrogen-bond donors (Lipinski definition) is 1. The van der Waals surface area contributed by atoms with Gasteiger partial charge in [-0.25, -0.2) is 0 Å². The van der Waals surface area contributed by atoms with E-state index in [-0.39, 0.29) is 5.91 Å². The van der Waals surface area contributed by atoms with Gasteiger partial charge in [0, 0.05) is 12.6 Å². The highest BCUT2D eigenvalue weighted by atomic mass is 16.1. The van der Waals surface area contributed by atoms with E-state index >= 15 is 0 Å². The van der Waals surface area contributed by atoms with Crippen LogP contribution in [0.1, 0.15) is 31.2 Å². The summed E-state index contributed by atoms with van der Waals surface area (Å²) in [7, 11) is 2.17. The van der Waals surface area contributed by atoms with Gasteiger partial charge < -0.3 is 10.2 Å². The molecule has 1 N–H and O–H groups in total. The van der Waals surface area contributed by atoms with Gasteiger partial charge in [-0.3, -0.25) is 4.79 Å². The molecule has 0 spiro atoms. The summed E-state index contributed by atoms with van der Waals surface area (Å²) in [6.07, 6.45) is 2.42. The van der Waals surface area contributed by atoms with E-state index in [1.54, 1.807) is 6.92 Å². The molecule has 1 fully saturated rings. The first-order valence-corrected chi connectivity index (χ1v) is 6.21. The number of benzene rings is 1. The largest absolute Gasteiger partial charge is 0.326 e. The highest BCUT2D eigenvalue weighted by Crippen LogP contribution is 2.28. The summed E-state index contributed by atoms with van der Waals surface area (Å²) in [5.74, 6) is 0.630. The van der Waals surface area contributed by atoms with Crippen LogP contribution >= 0.6 is 0 Å². The molecule has 17 heavy (non-hydrogen) atoms. The minimum atomic E-state index is -0.00877. The van der Waals surface area contributed by atoms with Crippen LogP contribution in [-0.4, -0.2) is 30.9 Å². The highest BCUT2D eigenvalue weighted by Gasteiger charge is 2.18. The van der Waals surface area contributed by atoms with E-state index in [4.69, 9.17) is 0 Å². The Balaban J connectivity index is 2.07. The Labute approximate surface area is 103 Å². The van der Waals surface area contributed by atoms with Gasteiger partial charge in [-0.1, -0.05) is 12.1 Å². The summed E-state index contributed by atoms with van der Waals surface area (Å²) in [5.41, 5.74) is 2.26. The molecule has 0 atom stereocenters. The van der Waals surface area contributed by atoms with E-state index in [0.29, 0.717) is 5.92 Å². The van der Waals surface area contributed by atoms with Crippen molar-refractivity contribution >= 4 is 11.6 Å². The van der Waals surface area contributed by atoms with Crippen molar-refractivity contribution in [2.75, 3.05) is 25.5 Å². The molecule has 0 radical (unpaired) electrons. The number of rotatable bonds is 2. The van der Waals surface area contributed by atoms with E-state index in [1.165, 1.54) is 18.4 Å². The van der Waals surface area contributed by atoms with E-state index in [0.717, 1.165) is 18.8 Å². The van der Waals surface area contributed by atoms with Gasteiger partial charge in [0.1, 0.15) is 0 Å². The third kappa shape index (κ3) is 3.30. The van der Waals surface area contributed by atoms with Crippen LogP contribution in [0.15, 0.2) is 24.3 Å². The number of likely N-dealkylation sites (tertiary alicyclic amines) is 1. The first-order chi connectivity index (χ1) is 8.15. The summed E-state index contributed by atoms with van der Waals surface area (Å²) in [5, 5.41) is 2.84. The first-order valence-electron chi connectivity index (χ1n) is 6.21. The second-order valence-electron chi connectivity index (χ2n) is 4.88. The molecular weight excluding hydrogens is 212 g/mol. The first kappa shape index (κ1) is 12.1. The van der Waals surface area contributed by atoms with Crippen LogP contribution in [0.25, 0.3) is 0 Å². The lowest BCUT2D eigenvalue weighted by atomic mass is 9.89. The van der Waals surface area contributed by atoms with Crippen molar-refractivity contribution in [1.29, 1.82) is 0 Å². The van der Waals surface area contributed by atoms with Crippen LogP contribution in [-0.2, 0) is 4.79 Å². The zero-order chi connectivity index (χ0) is 12.3. The van der Waals surface area contributed by atoms with Crippen molar-refractivity contribution in [3.63, 3.8) is 0 Å². The third-order valence-corrected chi connectivity index (χ3v) is 3.40. The van der Waals surface area contributed by atoms with Crippen LogP contribution in [0.4, 0.5) is 5.69 Å². The lowest BCUT2D eigenvalue weighted by Crippen LogP contribution is -2.29. The van der Waals surface area contributed by atoms with Gasteiger partial charge in [0.2, 0.25) is 5.91 Å². The van der Waals surface area contributed by atoms with E-state index in [2.05, 4.69) is 29.4 Å². The SMILES string of the molecule is CC(=O)Nc1cccc(C2CCN(C)CC2)c1. The van der Waals surface area contributed by atoms with Crippen molar-refractivity contribution < 1.29 is 4.79 Å². The minimum absolute atomic E-state index is 0.00877. The summed E-state index contributed by atoms with van der Waals surface area (Å²) in [6.45, 7) is 3.87. The Bertz CT molecular complexity index is 395. The van der Waals surface area contributed by atoms with E-state index in [9.17, 15) is 4.79 Å². The third-order valence-electron chi connectivity index (χ3n) is 3.40. The lowest BCUT2D eigenvalue weighted by Gasteiger charge is -2.29. The Morgan fingerprint density at radius 1 is 1.35 bits per heavy atom. The maximum absolute atomic E-state index is 11.0. The fourth-order valence-corrected chi connectivity index (χ4v) is 2.42. The smallest absolute Gasteiger partial charge is 0.221 e. The summed E-state index contributed by atoms with van der Waals surface area (Å²) in [6, 6.07) is 8.25. The molecule has 0 unspecified atom stereocenters. The molecule has 1 aliphatic rings. The van der Waals surface area contributed by atoms with Gasteiger partial charge in [0.05, 0.1) is 0 Å². The predicted molar refractivity (Wildman–Crippen MR) is 70.2 cm³/mol. The standard InChI is InChI=1S/C14H20N2O/c1-11(17)15-14-5-3-4-13(10-14)12-6-8-16(2)9-7-12/h3-5,10,12H,6-9H2,1-2H3,(H,15,17). The predicted octanol–water partition coefficient (Wildman–Crippen LogP) is 2.45. The average molecular weight is 232 g/mol. The van der Waals surface area contributed by atoms with Crippen LogP contribution in [0.2, 0.25) is 0 Å². The zero-order valence-electron chi connectivity index (χ0n) is 10.6. The zero-order valence-corrected chi connectivity index (χ0v) is 10.6. The molecule has 0 aliphatic carbocycles. The molecular formula is C14H20N2O. The lowest BCUT2D eigenvalue weighted by molar-refractivity contribution is -0.114. The van der Waals surface area contributed by atoms with Crippen molar-refractivity contribution in [1.82, 2.24) is 4.90 Å². The number of piperidine rings is 1. The van der Waals surface area contributed by atoms with Gasteiger partial charge in [-0.2, -0.15) is 0 Å². The summed E-state index contributed by atoms with van der Waals surface area (Å²) >= 11 is 0. The van der Waals surface area contributed by atoms with Crippen molar-refractivity contribution in [3.8, 4) is 0 Å². The number of anilines is 1. The van der Waals surface area contributed by atoms with E-state index < -0.39 is 0 Å². The van der Waals surface area contributed by atoms with Crippen molar-refractivity contribution in [3.05, 3.63) is 29.8 Å². The molecule has 92 valence electrons. The molecule has 1 aromatic rings. The Hall–Kier alpha value is -1.35. The molecule has 1 saturated heterocycles. The van der Waals surface area contributed by atoms with Gasteiger partial charge in [0.25, 0.3) is 0 Å². The maximum Gasteiger partial charge on any atom is 0.221 e. The number of carbonyl (C=O) groups is 1. The molecule has 3 heteroatoms. The quantitative estimate of drug-likeness (QED) is 0.849. The van der Waals surface area contributed by atoms with Crippen LogP contribution in [0, 0.1) is 0 Å². The van der Waals surface area contributed by atoms with Crippen LogP contribution in [0.3, 0.4) is 0 Å². The number of nitrogens with one attached hydrogen (secondary N) is 1. The molecule has 2 rings (SSSR count). The normalized spacial score (nSPS) is 18.0. The second-order valence-corrected chi connectivity index (χ2v) is 4.88. The summed E-state index contributed by atoms with van der Waals surface area (Å²) < 4.78 is 0. The number of nitrogens with zero attached hydrogens (tertiary/aromatic N) is 1. The Morgan fingerprint density at radius 2 is 2.06 bits per heavy atom. The van der Waals surface area contributed by atoms with Gasteiger partial charge in [-0.05, 0) is 56.6 Å². The molecule has 1 aromatic carbocycles. The minimum Gasteiger partial charge on any atom is -0.326 e. The molecule has 0 aromatic heterocycles. The van der Waals surface area contributed by atoms with Gasteiger partial charge in [-0.15, -0.1) is 0 Å². The molecule has 0 bridgehead atoms. The average Bonchev–Trinajstić information content (AvgIpc) is 2.29. The number of hydrogen-bond acceptors (Lipinski definition) is 2. The molecule has 1 amide bonds. The molecule has 0 saturated carbocycles. The van der Waals surface area contributed by atoms with Gasteiger partial charge in [0.15, 0.2) is 0 Å². The number of carbonyl (C=O) groups excluding carboxylic acids is 1. The highest BCUT2D eigenvalue weighted by molar-refractivity contribution is 5.88. The van der Waals surface area contributed by atoms with Gasteiger partial charge >= 0.3 is 0 Å². The number of amides is 1. The van der Waals surface area contributed by atoms with E-state index in [1.807, 2.05) is 12.1 Å². The molecule has 1 heterocycles. The second kappa shape index (κ2) is 5.32. The van der Waals surface area contributed by atoms with Crippen LogP contribution in [0.5, 0.6) is 0 Å². The maximum atomic E-state index is 11.0. The van der Waals surface area contributed by atoms with Crippen LogP contribution < -0.4 is 5.32 Å². The van der Waals surface area contributed by atoms with Crippen molar-refractivity contribution in [2.45, 2.75) is 25.7 Å². The monoisotopic (exact) mass is 232 g/mol. The summed E-state index contributed by atoms with van der Waals surface area (Å²) in [4.78, 5) is 13.4. The fourth-order valence-electron chi connectivity index (χ4n) is 2.42. The molecule has 3 nitrogen and oxygen atoms in total. The Morgan fingerprint density at radius 3 is 2.71 bits per heavy atom.